The third-order valence-corrected chi connectivity index (χ3v) is 2.26. The van der Waals surface area contributed by atoms with Gasteiger partial charge in [0.2, 0.25) is 0 Å². The van der Waals surface area contributed by atoms with E-state index in [0.717, 1.165) is 10.9 Å². The molecule has 16 heavy (non-hydrogen) atoms. The van der Waals surface area contributed by atoms with Crippen LogP contribution in [-0.4, -0.2) is 34.6 Å². The van der Waals surface area contributed by atoms with Crippen molar-refractivity contribution in [2.24, 2.45) is 0 Å². The maximum atomic E-state index is 10.6. The second-order valence-corrected chi connectivity index (χ2v) is 3.46. The third-order valence-electron chi connectivity index (χ3n) is 2.26. The van der Waals surface area contributed by atoms with Crippen molar-refractivity contribution in [3.63, 3.8) is 0 Å². The van der Waals surface area contributed by atoms with E-state index >= 15 is 0 Å². The summed E-state index contributed by atoms with van der Waals surface area (Å²) >= 11 is 0. The molecule has 0 unspecified atom stereocenters. The Morgan fingerprint density at radius 2 is 2.12 bits per heavy atom. The maximum absolute atomic E-state index is 10.6. The summed E-state index contributed by atoms with van der Waals surface area (Å²) in [5.74, 6) is -0.252. The van der Waals surface area contributed by atoms with Crippen molar-refractivity contribution in [3.05, 3.63) is 30.6 Å². The number of benzene rings is 1. The normalized spacial score (nSPS) is 10.3. The molecule has 0 spiro atoms. The summed E-state index contributed by atoms with van der Waals surface area (Å²) in [5.41, 5.74) is 0.810. The van der Waals surface area contributed by atoms with Crippen molar-refractivity contribution >= 4 is 22.7 Å². The number of carboxylic acid groups (broad SMARTS) is 1. The van der Waals surface area contributed by atoms with Gasteiger partial charge >= 0.3 is 5.97 Å². The number of likely N-dealkylation sites (N-methyl/N-ethyl adjacent to an activating group) is 1. The van der Waals surface area contributed by atoms with Crippen LogP contribution in [0.1, 0.15) is 0 Å². The lowest BCUT2D eigenvalue weighted by molar-refractivity contribution is -0.135. The van der Waals surface area contributed by atoms with Crippen molar-refractivity contribution in [1.82, 2.24) is 9.97 Å². The highest BCUT2D eigenvalue weighted by Gasteiger charge is 2.10. The highest BCUT2D eigenvalue weighted by Crippen LogP contribution is 2.20. The lowest BCUT2D eigenvalue weighted by atomic mass is 10.2. The van der Waals surface area contributed by atoms with E-state index in [1.807, 2.05) is 24.3 Å². The van der Waals surface area contributed by atoms with Gasteiger partial charge in [0, 0.05) is 12.4 Å². The number of hydrogen-bond donors (Lipinski definition) is 1. The van der Waals surface area contributed by atoms with Crippen molar-refractivity contribution in [2.45, 2.75) is 0 Å². The molecule has 2 rings (SSSR count). The van der Waals surface area contributed by atoms with Crippen LogP contribution in [0.2, 0.25) is 0 Å². The van der Waals surface area contributed by atoms with Gasteiger partial charge in [-0.2, -0.15) is 0 Å². The number of nitrogens with zero attached hydrogens (tertiary/aromatic N) is 3. The molecule has 0 amide bonds. The topological polar surface area (TPSA) is 66.3 Å². The van der Waals surface area contributed by atoms with Crippen LogP contribution in [-0.2, 0) is 4.79 Å². The average Bonchev–Trinajstić information content (AvgIpc) is 2.27. The van der Waals surface area contributed by atoms with Crippen LogP contribution in [0.25, 0.3) is 10.9 Å². The summed E-state index contributed by atoms with van der Waals surface area (Å²) in [5, 5.41) is 9.59. The first-order chi connectivity index (χ1) is 7.68. The first-order valence-corrected chi connectivity index (χ1v) is 4.81. The van der Waals surface area contributed by atoms with Crippen LogP contribution in [0, 0.1) is 0 Å². The van der Waals surface area contributed by atoms with E-state index in [-0.39, 0.29) is 6.54 Å². The number of hydrogen-bond acceptors (Lipinski definition) is 4. The molecule has 5 heteroatoms. The standard InChI is InChI=1S/C11H11N3O2/c1-14(6-10(15)16)11-8-4-2-3-5-9(8)12-7-13-11/h2-5,7H,6H2,1H3,(H,15,16). The largest absolute Gasteiger partial charge is 0.480 e. The SMILES string of the molecule is CN(CC(=O)O)c1ncnc2ccccc12. The minimum Gasteiger partial charge on any atom is -0.480 e. The molecule has 5 nitrogen and oxygen atoms in total. The number of carbonyl (C=O) groups is 1. The third kappa shape index (κ3) is 1.93. The number of para-hydroxylation sites is 1. The molecule has 0 radical (unpaired) electrons. The summed E-state index contributed by atoms with van der Waals surface area (Å²) in [7, 11) is 1.70. The quantitative estimate of drug-likeness (QED) is 0.835. The van der Waals surface area contributed by atoms with Crippen LogP contribution >= 0.6 is 0 Å². The fraction of sp³-hybridized carbons (Fsp3) is 0.182. The van der Waals surface area contributed by atoms with Crippen LogP contribution in [0.4, 0.5) is 5.82 Å². The van der Waals surface area contributed by atoms with Crippen molar-refractivity contribution < 1.29 is 9.90 Å². The Balaban J connectivity index is 2.47. The Morgan fingerprint density at radius 3 is 2.88 bits per heavy atom. The molecule has 0 fully saturated rings. The summed E-state index contributed by atoms with van der Waals surface area (Å²) in [4.78, 5) is 20.5. The molecule has 0 aliphatic rings. The smallest absolute Gasteiger partial charge is 0.323 e. The van der Waals surface area contributed by atoms with E-state index in [2.05, 4.69) is 9.97 Å². The zero-order valence-electron chi connectivity index (χ0n) is 8.79. The minimum atomic E-state index is -0.884. The second-order valence-electron chi connectivity index (χ2n) is 3.46. The fourth-order valence-corrected chi connectivity index (χ4v) is 1.57. The van der Waals surface area contributed by atoms with Crippen LogP contribution < -0.4 is 4.90 Å². The lowest BCUT2D eigenvalue weighted by Gasteiger charge is -2.16. The van der Waals surface area contributed by atoms with E-state index in [9.17, 15) is 4.79 Å². The zero-order valence-corrected chi connectivity index (χ0v) is 8.79. The van der Waals surface area contributed by atoms with Gasteiger partial charge in [-0.1, -0.05) is 12.1 Å². The van der Waals surface area contributed by atoms with Gasteiger partial charge in [-0.25, -0.2) is 9.97 Å². The molecule has 0 saturated heterocycles. The molecule has 0 atom stereocenters. The van der Waals surface area contributed by atoms with E-state index in [0.29, 0.717) is 5.82 Å². The monoisotopic (exact) mass is 217 g/mol. The summed E-state index contributed by atoms with van der Waals surface area (Å²) in [6, 6.07) is 7.51. The Kier molecular flexibility index (Phi) is 2.68. The number of aliphatic carboxylic acids is 1. The van der Waals surface area contributed by atoms with E-state index in [1.54, 1.807) is 11.9 Å². The van der Waals surface area contributed by atoms with Gasteiger partial charge in [0.25, 0.3) is 0 Å². The van der Waals surface area contributed by atoms with Gasteiger partial charge in [-0.05, 0) is 12.1 Å². The molecule has 0 aliphatic heterocycles. The number of carboxylic acids is 1. The van der Waals surface area contributed by atoms with E-state index in [4.69, 9.17) is 5.11 Å². The van der Waals surface area contributed by atoms with Gasteiger partial charge in [-0.3, -0.25) is 4.79 Å². The number of aromatic nitrogens is 2. The van der Waals surface area contributed by atoms with Gasteiger partial charge in [-0.15, -0.1) is 0 Å². The van der Waals surface area contributed by atoms with Crippen molar-refractivity contribution in [1.29, 1.82) is 0 Å². The van der Waals surface area contributed by atoms with E-state index < -0.39 is 5.97 Å². The van der Waals surface area contributed by atoms with Crippen LogP contribution in [0.5, 0.6) is 0 Å². The highest BCUT2D eigenvalue weighted by molar-refractivity contribution is 5.90. The van der Waals surface area contributed by atoms with Crippen LogP contribution in [0.3, 0.4) is 0 Å². The summed E-state index contributed by atoms with van der Waals surface area (Å²) in [6.45, 7) is -0.0823. The molecule has 82 valence electrons. The number of fused-ring (bicyclic) bond motifs is 1. The van der Waals surface area contributed by atoms with Crippen molar-refractivity contribution in [3.8, 4) is 0 Å². The Bertz CT molecular complexity index is 522. The molecular weight excluding hydrogens is 206 g/mol. The molecule has 1 heterocycles. The minimum absolute atomic E-state index is 0.0823. The predicted octanol–water partition coefficient (Wildman–Crippen LogP) is 1.15. The number of anilines is 1. The first kappa shape index (κ1) is 10.4. The Morgan fingerprint density at radius 1 is 1.38 bits per heavy atom. The zero-order chi connectivity index (χ0) is 11.5. The molecular formula is C11H11N3O2. The molecule has 2 aromatic rings. The first-order valence-electron chi connectivity index (χ1n) is 4.81. The Hall–Kier alpha value is -2.17. The van der Waals surface area contributed by atoms with Gasteiger partial charge < -0.3 is 10.0 Å². The lowest BCUT2D eigenvalue weighted by Crippen LogP contribution is -2.26. The summed E-state index contributed by atoms with van der Waals surface area (Å²) in [6.07, 6.45) is 1.44. The molecule has 0 aliphatic carbocycles. The average molecular weight is 217 g/mol. The van der Waals surface area contributed by atoms with Gasteiger partial charge in [0.15, 0.2) is 0 Å². The van der Waals surface area contributed by atoms with E-state index in [1.165, 1.54) is 6.33 Å². The summed E-state index contributed by atoms with van der Waals surface area (Å²) < 4.78 is 0. The maximum Gasteiger partial charge on any atom is 0.323 e. The predicted molar refractivity (Wildman–Crippen MR) is 60.4 cm³/mol. The van der Waals surface area contributed by atoms with Crippen LogP contribution in [0.15, 0.2) is 30.6 Å². The molecule has 1 N–H and O–H groups in total. The molecule has 1 aromatic carbocycles. The number of rotatable bonds is 3. The molecule has 1 aromatic heterocycles. The molecule has 0 saturated carbocycles. The second kappa shape index (κ2) is 4.14. The Labute approximate surface area is 92.4 Å². The van der Waals surface area contributed by atoms with Crippen molar-refractivity contribution in [2.75, 3.05) is 18.5 Å². The van der Waals surface area contributed by atoms with Gasteiger partial charge in [0.05, 0.1) is 5.52 Å². The van der Waals surface area contributed by atoms with Gasteiger partial charge in [0.1, 0.15) is 18.7 Å². The molecule has 0 bridgehead atoms. The fourth-order valence-electron chi connectivity index (χ4n) is 1.57. The highest BCUT2D eigenvalue weighted by atomic mass is 16.4.